The van der Waals surface area contributed by atoms with Crippen molar-refractivity contribution in [3.05, 3.63) is 46.6 Å². The molecule has 0 aliphatic carbocycles. The highest BCUT2D eigenvalue weighted by Gasteiger charge is 2.48. The largest absolute Gasteiger partial charge is 0.339 e. The summed E-state index contributed by atoms with van der Waals surface area (Å²) in [5, 5.41) is 4.80. The lowest BCUT2D eigenvalue weighted by Gasteiger charge is -2.41. The molecule has 2 saturated heterocycles. The fourth-order valence-electron chi connectivity index (χ4n) is 4.30. The zero-order chi connectivity index (χ0) is 15.3. The van der Waals surface area contributed by atoms with Crippen LogP contribution in [-0.2, 0) is 0 Å². The summed E-state index contributed by atoms with van der Waals surface area (Å²) in [7, 11) is 2.23. The Kier molecular flexibility index (Phi) is 3.46. The fraction of sp³-hybridized carbons (Fsp3) is 0.529. The van der Waals surface area contributed by atoms with Gasteiger partial charge in [0.2, 0.25) is 5.89 Å². The maximum atomic E-state index is 6.05. The fourth-order valence-corrected chi connectivity index (χ4v) is 4.43. The van der Waals surface area contributed by atoms with Crippen molar-refractivity contribution in [3.63, 3.8) is 0 Å². The Labute approximate surface area is 135 Å². The molecule has 1 aromatic heterocycles. The van der Waals surface area contributed by atoms with E-state index in [1.165, 1.54) is 18.4 Å². The van der Waals surface area contributed by atoms with Gasteiger partial charge in [-0.1, -0.05) is 28.9 Å². The average Bonchev–Trinajstić information content (AvgIpc) is 3.02. The van der Waals surface area contributed by atoms with Crippen LogP contribution < -0.4 is 0 Å². The van der Waals surface area contributed by atoms with Gasteiger partial charge in [-0.25, -0.2) is 0 Å². The van der Waals surface area contributed by atoms with Crippen LogP contribution in [0, 0.1) is 6.92 Å². The number of aromatic nitrogens is 2. The number of hydrogen-bond donors (Lipinski definition) is 0. The Balaban J connectivity index is 1.76. The molecule has 0 spiro atoms. The van der Waals surface area contributed by atoms with Gasteiger partial charge in [0, 0.05) is 17.1 Å². The molecule has 2 aliphatic rings. The first-order valence-corrected chi connectivity index (χ1v) is 8.29. The second-order valence-electron chi connectivity index (χ2n) is 6.56. The highest BCUT2D eigenvalue weighted by Crippen LogP contribution is 2.50. The third-order valence-electron chi connectivity index (χ3n) is 5.40. The van der Waals surface area contributed by atoms with Crippen molar-refractivity contribution in [2.24, 2.45) is 0 Å². The minimum atomic E-state index is 0.270. The van der Waals surface area contributed by atoms with Gasteiger partial charge in [0.05, 0.1) is 5.92 Å². The summed E-state index contributed by atoms with van der Waals surface area (Å²) in [6.45, 7) is 1.88. The Morgan fingerprint density at radius 1 is 1.23 bits per heavy atom. The molecule has 2 aliphatic heterocycles. The maximum absolute atomic E-state index is 6.05. The van der Waals surface area contributed by atoms with Crippen molar-refractivity contribution in [1.82, 2.24) is 15.0 Å². The molecule has 4 atom stereocenters. The molecule has 1 aromatic carbocycles. The summed E-state index contributed by atoms with van der Waals surface area (Å²) in [6, 6.07) is 9.40. The van der Waals surface area contributed by atoms with Crippen molar-refractivity contribution in [2.75, 3.05) is 7.05 Å². The molecular weight excluding hydrogens is 298 g/mol. The number of nitrogens with zero attached hydrogens (tertiary/aromatic N) is 3. The zero-order valence-electron chi connectivity index (χ0n) is 12.9. The molecule has 2 bridgehead atoms. The molecule has 116 valence electrons. The number of rotatable bonds is 2. The predicted molar refractivity (Wildman–Crippen MR) is 85.2 cm³/mol. The molecule has 2 aromatic rings. The molecular formula is C17H20ClN3O. The summed E-state index contributed by atoms with van der Waals surface area (Å²) < 4.78 is 5.56. The minimum Gasteiger partial charge on any atom is -0.339 e. The maximum Gasteiger partial charge on any atom is 0.231 e. The summed E-state index contributed by atoms with van der Waals surface area (Å²) >= 11 is 6.05. The van der Waals surface area contributed by atoms with E-state index in [0.717, 1.165) is 17.3 Å². The first-order chi connectivity index (χ1) is 10.6. The van der Waals surface area contributed by atoms with Gasteiger partial charge >= 0.3 is 0 Å². The van der Waals surface area contributed by atoms with Crippen LogP contribution in [0.4, 0.5) is 0 Å². The molecule has 22 heavy (non-hydrogen) atoms. The van der Waals surface area contributed by atoms with Crippen LogP contribution in [0.15, 0.2) is 28.8 Å². The zero-order valence-corrected chi connectivity index (χ0v) is 13.6. The number of likely N-dealkylation sites (N-methyl/N-ethyl adjacent to an activating group) is 1. The number of benzene rings is 1. The number of halogens is 1. The lowest BCUT2D eigenvalue weighted by molar-refractivity contribution is 0.120. The van der Waals surface area contributed by atoms with E-state index in [2.05, 4.69) is 34.2 Å². The number of aryl methyl sites for hydroxylation is 1. The van der Waals surface area contributed by atoms with Crippen molar-refractivity contribution in [1.29, 1.82) is 0 Å². The average molecular weight is 318 g/mol. The van der Waals surface area contributed by atoms with Crippen LogP contribution in [0.5, 0.6) is 0 Å². The quantitative estimate of drug-likeness (QED) is 0.845. The Morgan fingerprint density at radius 2 is 2.00 bits per heavy atom. The molecule has 4 rings (SSSR count). The van der Waals surface area contributed by atoms with Crippen LogP contribution in [0.25, 0.3) is 0 Å². The topological polar surface area (TPSA) is 42.2 Å². The van der Waals surface area contributed by atoms with E-state index < -0.39 is 0 Å². The third-order valence-corrected chi connectivity index (χ3v) is 5.65. The second-order valence-corrected chi connectivity index (χ2v) is 7.00. The highest BCUT2D eigenvalue weighted by atomic mass is 35.5. The van der Waals surface area contributed by atoms with Gasteiger partial charge in [-0.05, 0) is 56.8 Å². The Bertz CT molecular complexity index is 669. The molecule has 3 heterocycles. The molecule has 0 amide bonds. The van der Waals surface area contributed by atoms with E-state index in [9.17, 15) is 0 Å². The normalized spacial score (nSPS) is 31.6. The van der Waals surface area contributed by atoms with Crippen molar-refractivity contribution < 1.29 is 4.52 Å². The first-order valence-electron chi connectivity index (χ1n) is 7.91. The van der Waals surface area contributed by atoms with Gasteiger partial charge in [0.1, 0.15) is 0 Å². The number of hydrogen-bond acceptors (Lipinski definition) is 4. The third kappa shape index (κ3) is 2.25. The van der Waals surface area contributed by atoms with Crippen LogP contribution in [-0.4, -0.2) is 34.2 Å². The number of fused-ring (bicyclic) bond motifs is 2. The Morgan fingerprint density at radius 3 is 2.68 bits per heavy atom. The van der Waals surface area contributed by atoms with E-state index in [1.54, 1.807) is 0 Å². The summed E-state index contributed by atoms with van der Waals surface area (Å²) in [5.74, 6) is 2.19. The van der Waals surface area contributed by atoms with Crippen LogP contribution in [0.1, 0.15) is 48.4 Å². The smallest absolute Gasteiger partial charge is 0.231 e. The van der Waals surface area contributed by atoms with E-state index in [4.69, 9.17) is 16.1 Å². The van der Waals surface area contributed by atoms with E-state index in [1.807, 2.05) is 19.1 Å². The van der Waals surface area contributed by atoms with E-state index in [0.29, 0.717) is 23.8 Å². The lowest BCUT2D eigenvalue weighted by Crippen LogP contribution is -2.44. The second kappa shape index (κ2) is 5.36. The van der Waals surface area contributed by atoms with Crippen LogP contribution in [0.3, 0.4) is 0 Å². The van der Waals surface area contributed by atoms with Gasteiger partial charge in [-0.15, -0.1) is 0 Å². The minimum absolute atomic E-state index is 0.270. The summed E-state index contributed by atoms with van der Waals surface area (Å²) in [4.78, 5) is 7.06. The van der Waals surface area contributed by atoms with Gasteiger partial charge in [0.15, 0.2) is 5.82 Å². The van der Waals surface area contributed by atoms with Crippen LogP contribution in [0.2, 0.25) is 5.02 Å². The van der Waals surface area contributed by atoms with Gasteiger partial charge in [0.25, 0.3) is 0 Å². The van der Waals surface area contributed by atoms with Crippen molar-refractivity contribution in [3.8, 4) is 0 Å². The lowest BCUT2D eigenvalue weighted by atomic mass is 9.76. The highest BCUT2D eigenvalue weighted by molar-refractivity contribution is 6.30. The summed E-state index contributed by atoms with van der Waals surface area (Å²) in [6.07, 6.45) is 3.60. The van der Waals surface area contributed by atoms with Crippen molar-refractivity contribution >= 4 is 11.6 Å². The van der Waals surface area contributed by atoms with Gasteiger partial charge < -0.3 is 4.52 Å². The molecule has 0 N–H and O–H groups in total. The Hall–Kier alpha value is -1.39. The van der Waals surface area contributed by atoms with E-state index in [-0.39, 0.29) is 5.92 Å². The molecule has 0 saturated carbocycles. The first kappa shape index (κ1) is 14.2. The molecule has 4 nitrogen and oxygen atoms in total. The number of piperidine rings is 1. The van der Waals surface area contributed by atoms with Gasteiger partial charge in [-0.3, -0.25) is 4.90 Å². The summed E-state index contributed by atoms with van der Waals surface area (Å²) in [5.41, 5.74) is 1.33. The molecule has 0 radical (unpaired) electrons. The predicted octanol–water partition coefficient (Wildman–Crippen LogP) is 3.77. The monoisotopic (exact) mass is 317 g/mol. The van der Waals surface area contributed by atoms with Gasteiger partial charge in [-0.2, -0.15) is 4.98 Å². The van der Waals surface area contributed by atoms with E-state index >= 15 is 0 Å². The van der Waals surface area contributed by atoms with Crippen molar-refractivity contribution in [2.45, 2.75) is 50.1 Å². The standard InChI is InChI=1S/C17H20ClN3O/c1-10-19-17(22-20-10)16-14(11-3-5-12(18)6-4-11)9-13-7-8-15(16)21(13)2/h3-6,13-16H,7-9H2,1-2H3/t13-,14+,15+,16+/m0/s1. The van der Waals surface area contributed by atoms with Crippen LogP contribution >= 0.6 is 11.6 Å². The molecule has 0 unspecified atom stereocenters. The molecule has 5 heteroatoms. The molecule has 2 fully saturated rings. The SMILES string of the molecule is Cc1noc([C@@H]2[C@@H](c3ccc(Cl)cc3)C[C@@H]3CC[C@H]2N3C)n1.